The van der Waals surface area contributed by atoms with Crippen LogP contribution in [0.15, 0.2) is 48.7 Å². The monoisotopic (exact) mass is 471 g/mol. The lowest BCUT2D eigenvalue weighted by Gasteiger charge is -2.47. The molecule has 2 aliphatic carbocycles. The predicted octanol–water partition coefficient (Wildman–Crippen LogP) is 5.76. The van der Waals surface area contributed by atoms with Crippen LogP contribution in [0.3, 0.4) is 0 Å². The number of aliphatic hydroxyl groups is 1. The number of fused-ring (bicyclic) bond motifs is 2. The Hall–Kier alpha value is -2.67. The minimum atomic E-state index is -4.39. The molecule has 0 amide bonds. The molecule has 1 N–H and O–H groups in total. The highest BCUT2D eigenvalue weighted by Gasteiger charge is 2.55. The summed E-state index contributed by atoms with van der Waals surface area (Å²) < 4.78 is 44.7. The first-order valence-electron chi connectivity index (χ1n) is 11.9. The molecule has 6 unspecified atom stereocenters. The maximum atomic E-state index is 13.0. The molecule has 5 rings (SSSR count). The highest BCUT2D eigenvalue weighted by molar-refractivity contribution is 5.75. The number of hydrogen-bond acceptors (Lipinski definition) is 4. The smallest absolute Gasteiger partial charge is 0.416 e. The maximum absolute atomic E-state index is 13.0. The molecule has 3 fully saturated rings. The summed E-state index contributed by atoms with van der Waals surface area (Å²) in [5.41, 5.74) is 1.08. The predicted molar refractivity (Wildman–Crippen MR) is 121 cm³/mol. The number of carbonyl (C=O) groups is 1. The van der Waals surface area contributed by atoms with Crippen LogP contribution in [-0.2, 0) is 15.7 Å². The SMILES string of the molecule is CC1OC(=O)C2CC3C(O)CCCC3[C@@H](/C=C/c3ccc(-c4cccc(C(F)(F)F)c4)cn3)C12. The third-order valence-electron chi connectivity index (χ3n) is 7.96. The first kappa shape index (κ1) is 23.1. The summed E-state index contributed by atoms with van der Waals surface area (Å²) in [6.45, 7) is 1.95. The fourth-order valence-electron chi connectivity index (χ4n) is 6.36. The molecule has 0 bridgehead atoms. The van der Waals surface area contributed by atoms with E-state index in [2.05, 4.69) is 11.1 Å². The van der Waals surface area contributed by atoms with Gasteiger partial charge in [-0.1, -0.05) is 30.7 Å². The number of nitrogens with zero attached hydrogens (tertiary/aromatic N) is 1. The minimum Gasteiger partial charge on any atom is -0.462 e. The second-order valence-electron chi connectivity index (χ2n) is 9.87. The lowest BCUT2D eigenvalue weighted by atomic mass is 9.56. The number of carbonyl (C=O) groups excluding carboxylic acids is 1. The number of pyridine rings is 1. The first-order chi connectivity index (χ1) is 16.2. The third-order valence-corrected chi connectivity index (χ3v) is 7.96. The summed E-state index contributed by atoms with van der Waals surface area (Å²) in [6.07, 6.45) is 4.13. The fourth-order valence-corrected chi connectivity index (χ4v) is 6.36. The van der Waals surface area contributed by atoms with Gasteiger partial charge in [0.1, 0.15) is 6.10 Å². The zero-order chi connectivity index (χ0) is 24.0. The number of alkyl halides is 3. The van der Waals surface area contributed by atoms with E-state index in [1.165, 1.54) is 6.07 Å². The summed E-state index contributed by atoms with van der Waals surface area (Å²) in [7, 11) is 0. The Bertz CT molecular complexity index is 1080. The van der Waals surface area contributed by atoms with Crippen LogP contribution >= 0.6 is 0 Å². The number of halogens is 3. The number of allylic oxidation sites excluding steroid dienone is 1. The molecule has 1 aromatic heterocycles. The van der Waals surface area contributed by atoms with Gasteiger partial charge in [-0.15, -0.1) is 0 Å². The maximum Gasteiger partial charge on any atom is 0.416 e. The van der Waals surface area contributed by atoms with Crippen molar-refractivity contribution in [2.75, 3.05) is 0 Å². The van der Waals surface area contributed by atoms with E-state index in [1.807, 2.05) is 13.0 Å². The molecule has 1 aliphatic heterocycles. The molecule has 3 aliphatic rings. The molecule has 0 radical (unpaired) electrons. The molecule has 1 saturated heterocycles. The molecule has 7 atom stereocenters. The van der Waals surface area contributed by atoms with Gasteiger partial charge in [0.15, 0.2) is 0 Å². The zero-order valence-electron chi connectivity index (χ0n) is 18.9. The molecular formula is C27H28F3NO3. The van der Waals surface area contributed by atoms with Gasteiger partial charge < -0.3 is 9.84 Å². The summed E-state index contributed by atoms with van der Waals surface area (Å²) >= 11 is 0. The van der Waals surface area contributed by atoms with Gasteiger partial charge in [-0.05, 0) is 73.8 Å². The zero-order valence-corrected chi connectivity index (χ0v) is 18.9. The molecule has 4 nitrogen and oxygen atoms in total. The van der Waals surface area contributed by atoms with Crippen molar-refractivity contribution in [3.8, 4) is 11.1 Å². The summed E-state index contributed by atoms with van der Waals surface area (Å²) in [5, 5.41) is 10.6. The van der Waals surface area contributed by atoms with E-state index in [0.29, 0.717) is 29.2 Å². The summed E-state index contributed by atoms with van der Waals surface area (Å²) in [5.74, 6) is 0.233. The van der Waals surface area contributed by atoms with E-state index in [-0.39, 0.29) is 41.8 Å². The number of ether oxygens (including phenoxy) is 1. The molecule has 7 heteroatoms. The van der Waals surface area contributed by atoms with Gasteiger partial charge in [0.2, 0.25) is 0 Å². The quantitative estimate of drug-likeness (QED) is 0.579. The minimum absolute atomic E-state index is 0.0830. The number of esters is 1. The van der Waals surface area contributed by atoms with E-state index in [9.17, 15) is 23.1 Å². The van der Waals surface area contributed by atoms with Gasteiger partial charge in [0, 0.05) is 17.7 Å². The van der Waals surface area contributed by atoms with E-state index >= 15 is 0 Å². The van der Waals surface area contributed by atoms with Crippen molar-refractivity contribution in [1.82, 2.24) is 4.98 Å². The number of benzene rings is 1. The van der Waals surface area contributed by atoms with Crippen molar-refractivity contribution in [3.05, 3.63) is 59.9 Å². The molecule has 180 valence electrons. The van der Waals surface area contributed by atoms with Crippen LogP contribution < -0.4 is 0 Å². The Morgan fingerprint density at radius 3 is 2.68 bits per heavy atom. The van der Waals surface area contributed by atoms with E-state index < -0.39 is 11.7 Å². The summed E-state index contributed by atoms with van der Waals surface area (Å²) in [4.78, 5) is 16.9. The molecule has 2 aromatic rings. The molecular weight excluding hydrogens is 443 g/mol. The topological polar surface area (TPSA) is 59.4 Å². The molecule has 2 saturated carbocycles. The van der Waals surface area contributed by atoms with Crippen LogP contribution in [0.5, 0.6) is 0 Å². The Balaban J connectivity index is 1.39. The first-order valence-corrected chi connectivity index (χ1v) is 11.9. The van der Waals surface area contributed by atoms with Gasteiger partial charge in [-0.3, -0.25) is 9.78 Å². The second-order valence-corrected chi connectivity index (χ2v) is 9.87. The average Bonchev–Trinajstić information content (AvgIpc) is 3.10. The highest BCUT2D eigenvalue weighted by Crippen LogP contribution is 2.53. The van der Waals surface area contributed by atoms with Crippen molar-refractivity contribution in [2.24, 2.45) is 29.6 Å². The lowest BCUT2D eigenvalue weighted by Crippen LogP contribution is -2.47. The fraction of sp³-hybridized carbons (Fsp3) is 0.481. The van der Waals surface area contributed by atoms with Gasteiger partial charge in [-0.25, -0.2) is 0 Å². The Morgan fingerprint density at radius 1 is 1.12 bits per heavy atom. The van der Waals surface area contributed by atoms with Crippen molar-refractivity contribution < 1.29 is 27.8 Å². The molecule has 0 spiro atoms. The van der Waals surface area contributed by atoms with Crippen molar-refractivity contribution in [1.29, 1.82) is 0 Å². The van der Waals surface area contributed by atoms with Crippen molar-refractivity contribution in [3.63, 3.8) is 0 Å². The van der Waals surface area contributed by atoms with Crippen LogP contribution in [0.1, 0.15) is 43.9 Å². The Morgan fingerprint density at radius 2 is 1.94 bits per heavy atom. The number of rotatable bonds is 3. The van der Waals surface area contributed by atoms with Gasteiger partial charge >= 0.3 is 12.1 Å². The number of aromatic nitrogens is 1. The van der Waals surface area contributed by atoms with Gasteiger partial charge in [-0.2, -0.15) is 13.2 Å². The van der Waals surface area contributed by atoms with E-state index in [4.69, 9.17) is 4.74 Å². The van der Waals surface area contributed by atoms with E-state index in [1.54, 1.807) is 24.4 Å². The van der Waals surface area contributed by atoms with Crippen LogP contribution in [0.25, 0.3) is 17.2 Å². The number of hydrogen-bond donors (Lipinski definition) is 1. The van der Waals surface area contributed by atoms with Crippen LogP contribution in [0, 0.1) is 29.6 Å². The van der Waals surface area contributed by atoms with Crippen LogP contribution in [-0.4, -0.2) is 28.3 Å². The third kappa shape index (κ3) is 4.26. The largest absolute Gasteiger partial charge is 0.462 e. The molecule has 34 heavy (non-hydrogen) atoms. The highest BCUT2D eigenvalue weighted by atomic mass is 19.4. The van der Waals surface area contributed by atoms with Crippen molar-refractivity contribution >= 4 is 12.0 Å². The van der Waals surface area contributed by atoms with Gasteiger partial charge in [0.25, 0.3) is 0 Å². The standard InChI is InChI=1S/C27H28F3NO3/c1-15-25-21(20-6-3-7-24(32)22(20)13-23(25)26(33)34-15)11-10-19-9-8-17(14-31-19)16-4-2-5-18(12-16)27(28,29)30/h2,4-5,8-12,14-15,20-25,32H,3,6-7,13H2,1H3/b11-10+/t15?,20?,21-,22?,23?,24?,25?/m1/s1. The Labute approximate surface area is 196 Å². The number of aliphatic hydroxyl groups excluding tert-OH is 1. The Kier molecular flexibility index (Phi) is 6.00. The van der Waals surface area contributed by atoms with Crippen LogP contribution in [0.2, 0.25) is 0 Å². The second kappa shape index (κ2) is 8.84. The molecule has 2 heterocycles. The van der Waals surface area contributed by atoms with Crippen LogP contribution in [0.4, 0.5) is 13.2 Å². The lowest BCUT2D eigenvalue weighted by molar-refractivity contribution is -0.145. The van der Waals surface area contributed by atoms with Crippen molar-refractivity contribution in [2.45, 2.75) is 51.0 Å². The molecule has 1 aromatic carbocycles. The normalized spacial score (nSPS) is 33.4. The number of cyclic esters (lactones) is 1. The van der Waals surface area contributed by atoms with Gasteiger partial charge in [0.05, 0.1) is 23.3 Å². The van der Waals surface area contributed by atoms with E-state index in [0.717, 1.165) is 31.4 Å². The average molecular weight is 472 g/mol. The summed E-state index contributed by atoms with van der Waals surface area (Å²) in [6, 6.07) is 8.77.